The molecule has 1 saturated carbocycles. The molecule has 2 atom stereocenters. The van der Waals surface area contributed by atoms with Crippen LogP contribution in [0.25, 0.3) is 0 Å². The molecular formula is C12H20N2O2. The van der Waals surface area contributed by atoms with E-state index in [4.69, 9.17) is 0 Å². The number of nitrogens with one attached hydrogen (secondary N) is 2. The molecule has 2 unspecified atom stereocenters. The molecule has 0 radical (unpaired) electrons. The van der Waals surface area contributed by atoms with Crippen LogP contribution in [0.2, 0.25) is 0 Å². The largest absolute Gasteiger partial charge is 0.303 e. The SMILES string of the molecule is CC(CC1CCC1)NC1CCC(=O)NC1=O. The van der Waals surface area contributed by atoms with Crippen molar-refractivity contribution in [3.8, 4) is 0 Å². The van der Waals surface area contributed by atoms with Gasteiger partial charge in [-0.2, -0.15) is 0 Å². The molecule has 1 aliphatic heterocycles. The minimum atomic E-state index is -0.173. The molecule has 4 nitrogen and oxygen atoms in total. The molecule has 0 aromatic heterocycles. The Morgan fingerprint density at radius 2 is 2.12 bits per heavy atom. The summed E-state index contributed by atoms with van der Waals surface area (Å²) < 4.78 is 0. The van der Waals surface area contributed by atoms with Crippen LogP contribution in [0.3, 0.4) is 0 Å². The standard InChI is InChI=1S/C12H20N2O2/c1-8(7-9-3-2-4-9)13-10-5-6-11(15)14-12(10)16/h8-10,13H,2-7H2,1H3,(H,14,15,16). The van der Waals surface area contributed by atoms with Crippen molar-refractivity contribution in [1.29, 1.82) is 0 Å². The second kappa shape index (κ2) is 4.95. The zero-order valence-electron chi connectivity index (χ0n) is 9.79. The van der Waals surface area contributed by atoms with Crippen LogP contribution >= 0.6 is 0 Å². The van der Waals surface area contributed by atoms with Crippen molar-refractivity contribution in [3.05, 3.63) is 0 Å². The van der Waals surface area contributed by atoms with E-state index < -0.39 is 0 Å². The molecule has 4 heteroatoms. The van der Waals surface area contributed by atoms with E-state index in [-0.39, 0.29) is 17.9 Å². The smallest absolute Gasteiger partial charge is 0.243 e. The van der Waals surface area contributed by atoms with E-state index in [1.807, 2.05) is 0 Å². The lowest BCUT2D eigenvalue weighted by molar-refractivity contribution is -0.134. The third kappa shape index (κ3) is 2.82. The maximum absolute atomic E-state index is 11.5. The van der Waals surface area contributed by atoms with Gasteiger partial charge in [-0.3, -0.25) is 14.9 Å². The van der Waals surface area contributed by atoms with Gasteiger partial charge in [0.1, 0.15) is 0 Å². The Morgan fingerprint density at radius 1 is 1.38 bits per heavy atom. The molecular weight excluding hydrogens is 204 g/mol. The Balaban J connectivity index is 1.75. The highest BCUT2D eigenvalue weighted by Gasteiger charge is 2.28. The highest BCUT2D eigenvalue weighted by molar-refractivity contribution is 6.00. The Hall–Kier alpha value is -0.900. The Kier molecular flexibility index (Phi) is 3.59. The van der Waals surface area contributed by atoms with Gasteiger partial charge >= 0.3 is 0 Å². The Morgan fingerprint density at radius 3 is 2.69 bits per heavy atom. The van der Waals surface area contributed by atoms with Crippen LogP contribution < -0.4 is 10.6 Å². The zero-order valence-corrected chi connectivity index (χ0v) is 9.79. The summed E-state index contributed by atoms with van der Waals surface area (Å²) in [6, 6.07) is 0.196. The molecule has 1 heterocycles. The van der Waals surface area contributed by atoms with Gasteiger partial charge in [0.2, 0.25) is 11.8 Å². The first-order valence-corrected chi connectivity index (χ1v) is 6.25. The van der Waals surface area contributed by atoms with E-state index in [1.165, 1.54) is 19.3 Å². The van der Waals surface area contributed by atoms with E-state index >= 15 is 0 Å². The van der Waals surface area contributed by atoms with Crippen molar-refractivity contribution in [2.75, 3.05) is 0 Å². The summed E-state index contributed by atoms with van der Waals surface area (Å²) in [5, 5.41) is 5.70. The summed E-state index contributed by atoms with van der Waals surface area (Å²) in [5.41, 5.74) is 0. The lowest BCUT2D eigenvalue weighted by Crippen LogP contribution is -2.53. The second-order valence-corrected chi connectivity index (χ2v) is 5.10. The molecule has 2 N–H and O–H groups in total. The van der Waals surface area contributed by atoms with Gasteiger partial charge in [-0.25, -0.2) is 0 Å². The number of amides is 2. The molecule has 2 rings (SSSR count). The fraction of sp³-hybridized carbons (Fsp3) is 0.833. The Bertz CT molecular complexity index is 287. The van der Waals surface area contributed by atoms with Gasteiger partial charge in [0.15, 0.2) is 0 Å². The number of carbonyl (C=O) groups is 2. The second-order valence-electron chi connectivity index (χ2n) is 5.10. The number of imide groups is 1. The van der Waals surface area contributed by atoms with Crippen LogP contribution in [-0.2, 0) is 9.59 Å². The first-order chi connectivity index (χ1) is 7.65. The van der Waals surface area contributed by atoms with Crippen LogP contribution in [0.4, 0.5) is 0 Å². The van der Waals surface area contributed by atoms with Gasteiger partial charge in [0, 0.05) is 12.5 Å². The normalized spacial score (nSPS) is 28.4. The predicted octanol–water partition coefficient (Wildman–Crippen LogP) is 0.960. The third-order valence-corrected chi connectivity index (χ3v) is 3.64. The molecule has 2 aliphatic rings. The summed E-state index contributed by atoms with van der Waals surface area (Å²) in [7, 11) is 0. The van der Waals surface area contributed by atoms with Crippen LogP contribution in [0.15, 0.2) is 0 Å². The maximum atomic E-state index is 11.5. The molecule has 2 amide bonds. The van der Waals surface area contributed by atoms with E-state index in [0.717, 1.165) is 12.3 Å². The highest BCUT2D eigenvalue weighted by atomic mass is 16.2. The summed E-state index contributed by atoms with van der Waals surface area (Å²) in [6.07, 6.45) is 6.27. The molecule has 90 valence electrons. The summed E-state index contributed by atoms with van der Waals surface area (Å²) in [4.78, 5) is 22.5. The number of piperidine rings is 1. The topological polar surface area (TPSA) is 58.2 Å². The minimum Gasteiger partial charge on any atom is -0.303 e. The molecule has 1 saturated heterocycles. The van der Waals surface area contributed by atoms with Gasteiger partial charge in [-0.1, -0.05) is 19.3 Å². The fourth-order valence-corrected chi connectivity index (χ4v) is 2.49. The molecule has 0 aromatic carbocycles. The van der Waals surface area contributed by atoms with Crippen LogP contribution in [0, 0.1) is 5.92 Å². The van der Waals surface area contributed by atoms with Crippen molar-refractivity contribution in [3.63, 3.8) is 0 Å². The van der Waals surface area contributed by atoms with Crippen LogP contribution in [-0.4, -0.2) is 23.9 Å². The van der Waals surface area contributed by atoms with Crippen LogP contribution in [0.1, 0.15) is 45.4 Å². The van der Waals surface area contributed by atoms with E-state index in [0.29, 0.717) is 18.9 Å². The quantitative estimate of drug-likeness (QED) is 0.699. The van der Waals surface area contributed by atoms with Crippen molar-refractivity contribution in [2.45, 2.75) is 57.5 Å². The number of rotatable bonds is 4. The van der Waals surface area contributed by atoms with Gasteiger partial charge in [0.25, 0.3) is 0 Å². The summed E-state index contributed by atoms with van der Waals surface area (Å²) in [5.74, 6) is 0.544. The van der Waals surface area contributed by atoms with Crippen LogP contribution in [0.5, 0.6) is 0 Å². The first-order valence-electron chi connectivity index (χ1n) is 6.25. The van der Waals surface area contributed by atoms with Gasteiger partial charge in [-0.15, -0.1) is 0 Å². The lowest BCUT2D eigenvalue weighted by Gasteiger charge is -2.31. The van der Waals surface area contributed by atoms with Gasteiger partial charge in [-0.05, 0) is 25.7 Å². The highest BCUT2D eigenvalue weighted by Crippen LogP contribution is 2.30. The zero-order chi connectivity index (χ0) is 11.5. The van der Waals surface area contributed by atoms with Crippen molar-refractivity contribution >= 4 is 11.8 Å². The molecule has 0 aromatic rings. The third-order valence-electron chi connectivity index (χ3n) is 3.64. The van der Waals surface area contributed by atoms with Crippen molar-refractivity contribution < 1.29 is 9.59 Å². The van der Waals surface area contributed by atoms with E-state index in [9.17, 15) is 9.59 Å². The van der Waals surface area contributed by atoms with E-state index in [2.05, 4.69) is 17.6 Å². The Labute approximate surface area is 96.2 Å². The first kappa shape index (κ1) is 11.6. The lowest BCUT2D eigenvalue weighted by atomic mass is 9.81. The number of hydrogen-bond acceptors (Lipinski definition) is 3. The predicted molar refractivity (Wildman–Crippen MR) is 60.7 cm³/mol. The average Bonchev–Trinajstić information content (AvgIpc) is 2.16. The minimum absolute atomic E-state index is 0.144. The maximum Gasteiger partial charge on any atom is 0.243 e. The monoisotopic (exact) mass is 224 g/mol. The molecule has 0 spiro atoms. The summed E-state index contributed by atoms with van der Waals surface area (Å²) in [6.45, 7) is 2.13. The van der Waals surface area contributed by atoms with E-state index in [1.54, 1.807) is 0 Å². The summed E-state index contributed by atoms with van der Waals surface area (Å²) >= 11 is 0. The number of carbonyl (C=O) groups excluding carboxylic acids is 2. The van der Waals surface area contributed by atoms with Crippen molar-refractivity contribution in [1.82, 2.24) is 10.6 Å². The molecule has 16 heavy (non-hydrogen) atoms. The van der Waals surface area contributed by atoms with Gasteiger partial charge in [0.05, 0.1) is 6.04 Å². The number of hydrogen-bond donors (Lipinski definition) is 2. The van der Waals surface area contributed by atoms with Gasteiger partial charge < -0.3 is 5.32 Å². The molecule has 1 aliphatic carbocycles. The fourth-order valence-electron chi connectivity index (χ4n) is 2.49. The average molecular weight is 224 g/mol. The molecule has 0 bridgehead atoms. The molecule has 2 fully saturated rings. The van der Waals surface area contributed by atoms with Crippen molar-refractivity contribution in [2.24, 2.45) is 5.92 Å².